The van der Waals surface area contributed by atoms with Crippen LogP contribution in [0.2, 0.25) is 0 Å². The predicted octanol–water partition coefficient (Wildman–Crippen LogP) is 9.78. The van der Waals surface area contributed by atoms with Crippen molar-refractivity contribution in [3.63, 3.8) is 0 Å². The van der Waals surface area contributed by atoms with E-state index in [2.05, 4.69) is 15.3 Å². The van der Waals surface area contributed by atoms with E-state index in [9.17, 15) is 45.8 Å². The number of thiazole rings is 2. The summed E-state index contributed by atoms with van der Waals surface area (Å²) in [7, 11) is 0. The van der Waals surface area contributed by atoms with E-state index < -0.39 is 110 Å². The van der Waals surface area contributed by atoms with Crippen molar-refractivity contribution in [2.75, 3.05) is 36.2 Å². The topological polar surface area (TPSA) is 174 Å². The molecule has 0 saturated carbocycles. The second-order valence-electron chi connectivity index (χ2n) is 18.7. The van der Waals surface area contributed by atoms with Crippen molar-refractivity contribution in [1.82, 2.24) is 25.2 Å². The van der Waals surface area contributed by atoms with Gasteiger partial charge in [-0.15, -0.1) is 22.7 Å². The molecule has 0 aliphatic carbocycles. The molecule has 388 valence electrons. The van der Waals surface area contributed by atoms with Gasteiger partial charge >= 0.3 is 12.4 Å². The summed E-state index contributed by atoms with van der Waals surface area (Å²) in [5.41, 5.74) is -6.20. The van der Waals surface area contributed by atoms with Crippen molar-refractivity contribution in [3.8, 4) is 33.6 Å². The third-order valence-electron chi connectivity index (χ3n) is 12.0. The lowest BCUT2D eigenvalue weighted by atomic mass is 9.85. The number of unbranched alkanes of at least 4 members (excludes halogenated alkanes) is 1. The number of carbonyl (C=O) groups excluding carboxylic acids is 3. The van der Waals surface area contributed by atoms with E-state index in [0.717, 1.165) is 45.6 Å². The Labute approximate surface area is 426 Å². The van der Waals surface area contributed by atoms with Crippen LogP contribution in [0.25, 0.3) is 21.8 Å². The Morgan fingerprint density at radius 3 is 2.37 bits per heavy atom. The van der Waals surface area contributed by atoms with Crippen LogP contribution in [0.4, 0.5) is 46.5 Å². The van der Waals surface area contributed by atoms with Crippen molar-refractivity contribution >= 4 is 69.1 Å². The van der Waals surface area contributed by atoms with Crippen molar-refractivity contribution in [2.24, 2.45) is 5.41 Å². The molecule has 0 unspecified atom stereocenters. The van der Waals surface area contributed by atoms with Gasteiger partial charge in [0, 0.05) is 36.6 Å². The van der Waals surface area contributed by atoms with Gasteiger partial charge in [0.1, 0.15) is 40.2 Å². The number of ether oxygens (including phenoxy) is 2. The average molecular weight is 1080 g/mol. The van der Waals surface area contributed by atoms with Gasteiger partial charge in [0.05, 0.1) is 75.3 Å². The van der Waals surface area contributed by atoms with E-state index in [4.69, 9.17) is 31.9 Å². The minimum absolute atomic E-state index is 0.0570. The standard InChI is InChI=1S/C48H46F8N8O6S3/c1-24-39(73-23-59-24)32-22-72-41(60-32)34-16-27(65)20-62(34)42(67)40(45(2,3)4)61-35(66)21-69-13-7-8-14-70-28-10-11-29(30(17-28)47(51,52)53)38-31(49)15-26(19-58-38)64-44(71)63(43(68)46(64,5)6)33-12-9-25(18-57)36(37(33)50)48(54,55)56/h9-12,15,17,19,22-23,27,34,40,65H,7-8,13-14,16,20-21H2,1-6H3,(H,61,66)/t27-,34+,40-/m1/s1. The maximum atomic E-state index is 15.9. The molecule has 5 heterocycles. The van der Waals surface area contributed by atoms with Gasteiger partial charge in [-0.1, -0.05) is 20.8 Å². The molecule has 2 aliphatic heterocycles. The van der Waals surface area contributed by atoms with Gasteiger partial charge in [-0.05, 0) is 81.6 Å². The van der Waals surface area contributed by atoms with Gasteiger partial charge in [-0.2, -0.15) is 31.6 Å². The summed E-state index contributed by atoms with van der Waals surface area (Å²) in [6.45, 7) is 9.42. The Hall–Kier alpha value is -6.20. The normalized spacial score (nSPS) is 17.6. The highest BCUT2D eigenvalue weighted by Gasteiger charge is 2.52. The number of aromatic nitrogens is 3. The fourth-order valence-corrected chi connectivity index (χ4v) is 10.7. The van der Waals surface area contributed by atoms with Gasteiger partial charge in [0.25, 0.3) is 5.91 Å². The molecule has 25 heteroatoms. The molecule has 14 nitrogen and oxygen atoms in total. The average Bonchev–Trinajstić information content (AvgIpc) is 4.09. The number of carbonyl (C=O) groups is 3. The number of thiocarbonyl (C=S) groups is 1. The van der Waals surface area contributed by atoms with Gasteiger partial charge in [0.2, 0.25) is 11.8 Å². The zero-order chi connectivity index (χ0) is 53.5. The minimum Gasteiger partial charge on any atom is -0.494 e. The smallest absolute Gasteiger partial charge is 0.420 e. The third kappa shape index (κ3) is 11.3. The predicted molar refractivity (Wildman–Crippen MR) is 257 cm³/mol. The van der Waals surface area contributed by atoms with Gasteiger partial charge in [-0.3, -0.25) is 24.3 Å². The first-order valence-corrected chi connectivity index (χ1v) is 24.5. The van der Waals surface area contributed by atoms with Crippen molar-refractivity contribution in [3.05, 3.63) is 92.5 Å². The number of β-amino-alcohol motifs (C(OH)–C–C–N with tert-alkyl or cyclic N) is 1. The van der Waals surface area contributed by atoms with Gasteiger partial charge in [0.15, 0.2) is 16.7 Å². The summed E-state index contributed by atoms with van der Waals surface area (Å²) in [6, 6.07) is 4.71. The van der Waals surface area contributed by atoms with Crippen molar-refractivity contribution in [1.29, 1.82) is 5.26 Å². The molecule has 7 rings (SSSR count). The number of pyridine rings is 1. The summed E-state index contributed by atoms with van der Waals surface area (Å²) in [5.74, 6) is -5.46. The van der Waals surface area contributed by atoms with Crippen LogP contribution in [0.1, 0.15) is 87.3 Å². The molecular weight excluding hydrogens is 1030 g/mol. The zero-order valence-corrected chi connectivity index (χ0v) is 42.2. The number of alkyl halides is 6. The van der Waals surface area contributed by atoms with E-state index in [-0.39, 0.29) is 49.9 Å². The summed E-state index contributed by atoms with van der Waals surface area (Å²) in [4.78, 5) is 57.6. The Balaban J connectivity index is 0.942. The van der Waals surface area contributed by atoms with E-state index in [1.807, 2.05) is 12.3 Å². The summed E-state index contributed by atoms with van der Waals surface area (Å²) in [6.07, 6.45) is -9.38. The van der Waals surface area contributed by atoms with E-state index in [0.29, 0.717) is 28.5 Å². The molecule has 3 atom stereocenters. The highest BCUT2D eigenvalue weighted by molar-refractivity contribution is 7.81. The van der Waals surface area contributed by atoms with Crippen molar-refractivity contribution in [2.45, 2.75) is 96.9 Å². The minimum atomic E-state index is -5.33. The number of amides is 3. The number of anilines is 2. The summed E-state index contributed by atoms with van der Waals surface area (Å²) in [5, 5.41) is 24.5. The second-order valence-corrected chi connectivity index (χ2v) is 20.8. The number of nitrogens with one attached hydrogen (secondary N) is 1. The number of benzene rings is 2. The first kappa shape index (κ1) is 54.6. The second kappa shape index (κ2) is 21.0. The maximum Gasteiger partial charge on any atom is 0.420 e. The number of halogens is 8. The molecule has 0 bridgehead atoms. The summed E-state index contributed by atoms with van der Waals surface area (Å²) >= 11 is 8.21. The van der Waals surface area contributed by atoms with E-state index in [1.54, 1.807) is 31.2 Å². The number of hydrogen-bond acceptors (Lipinski definition) is 13. The number of likely N-dealkylation sites (tertiary alicyclic amines) is 1. The summed E-state index contributed by atoms with van der Waals surface area (Å²) < 4.78 is 127. The molecule has 2 aliphatic rings. The molecule has 5 aromatic rings. The van der Waals surface area contributed by atoms with Crippen LogP contribution < -0.4 is 19.9 Å². The SMILES string of the molecule is Cc1ncsc1-c1csc([C@@H]2C[C@@H](O)CN2C(=O)[C@@H](NC(=O)COCCCCOc2ccc(-c3ncc(N4C(=S)N(c5ccc(C#N)c(C(F)(F)F)c5F)C(=O)C4(C)C)cc3F)c(C(F)(F)F)c2)C(C)(C)C)n1. The number of nitriles is 1. The Morgan fingerprint density at radius 2 is 1.74 bits per heavy atom. The lowest BCUT2D eigenvalue weighted by molar-refractivity contribution is -0.141. The van der Waals surface area contributed by atoms with Crippen LogP contribution in [0, 0.1) is 35.3 Å². The molecule has 3 aromatic heterocycles. The number of rotatable bonds is 15. The molecule has 0 spiro atoms. The lowest BCUT2D eigenvalue weighted by Gasteiger charge is -2.35. The Morgan fingerprint density at radius 1 is 1.03 bits per heavy atom. The van der Waals surface area contributed by atoms with Crippen LogP contribution in [0.3, 0.4) is 0 Å². The molecule has 2 fully saturated rings. The Kier molecular flexibility index (Phi) is 15.7. The number of hydrogen-bond donors (Lipinski definition) is 2. The van der Waals surface area contributed by atoms with Crippen LogP contribution in [-0.2, 0) is 31.5 Å². The molecular formula is C48H46F8N8O6S3. The van der Waals surface area contributed by atoms with E-state index in [1.165, 1.54) is 48.7 Å². The molecule has 2 saturated heterocycles. The number of nitrogens with zero attached hydrogens (tertiary/aromatic N) is 7. The van der Waals surface area contributed by atoms with Crippen LogP contribution in [0.15, 0.2) is 53.5 Å². The zero-order valence-electron chi connectivity index (χ0n) is 39.7. The first-order valence-electron chi connectivity index (χ1n) is 22.3. The third-order valence-corrected chi connectivity index (χ3v) is 14.3. The lowest BCUT2D eigenvalue weighted by Crippen LogP contribution is -2.55. The highest BCUT2D eigenvalue weighted by Crippen LogP contribution is 2.44. The maximum absolute atomic E-state index is 15.9. The highest BCUT2D eigenvalue weighted by atomic mass is 32.1. The van der Waals surface area contributed by atoms with E-state index >= 15 is 8.78 Å². The van der Waals surface area contributed by atoms with Crippen LogP contribution in [-0.4, -0.2) is 91.8 Å². The number of aliphatic hydroxyl groups excluding tert-OH is 1. The van der Waals surface area contributed by atoms with Gasteiger partial charge in [-0.25, -0.2) is 18.7 Å². The van der Waals surface area contributed by atoms with Gasteiger partial charge < -0.3 is 29.7 Å². The quantitative estimate of drug-likeness (QED) is 0.0578. The fourth-order valence-electron chi connectivity index (χ4n) is 8.41. The number of aliphatic hydroxyl groups is 1. The molecule has 3 amide bonds. The van der Waals surface area contributed by atoms with Crippen LogP contribution >= 0.6 is 34.9 Å². The molecule has 0 radical (unpaired) electrons. The Bertz CT molecular complexity index is 2990. The molecule has 2 aromatic carbocycles. The first-order chi connectivity index (χ1) is 34.1. The molecule has 2 N–H and O–H groups in total. The number of aryl methyl sites for hydroxylation is 1. The van der Waals surface area contributed by atoms with Crippen molar-refractivity contribution < 1.29 is 64.1 Å². The fraction of sp³-hybridized carbons (Fsp3) is 0.417. The largest absolute Gasteiger partial charge is 0.494 e. The van der Waals surface area contributed by atoms with Crippen LogP contribution in [0.5, 0.6) is 5.75 Å². The molecule has 73 heavy (non-hydrogen) atoms. The monoisotopic (exact) mass is 1080 g/mol.